The van der Waals surface area contributed by atoms with Gasteiger partial charge in [-0.2, -0.15) is 0 Å². The molecule has 0 N–H and O–H groups in total. The molecule has 1 aromatic carbocycles. The fourth-order valence-corrected chi connectivity index (χ4v) is 6.67. The van der Waals surface area contributed by atoms with Crippen molar-refractivity contribution in [2.24, 2.45) is 16.3 Å². The summed E-state index contributed by atoms with van der Waals surface area (Å²) in [5.74, 6) is -0.114. The minimum atomic E-state index is -1.07. The molecule has 1 aliphatic carbocycles. The van der Waals surface area contributed by atoms with Crippen LogP contribution in [0.2, 0.25) is 0 Å². The van der Waals surface area contributed by atoms with E-state index in [9.17, 15) is 9.59 Å². The number of allylic oxidation sites excluding steroid dienone is 1. The van der Waals surface area contributed by atoms with Crippen LogP contribution in [0.25, 0.3) is 0 Å². The Kier molecular flexibility index (Phi) is 4.52. The molecule has 3 aliphatic heterocycles. The van der Waals surface area contributed by atoms with E-state index in [0.717, 1.165) is 42.2 Å². The van der Waals surface area contributed by atoms with Gasteiger partial charge in [-0.1, -0.05) is 11.6 Å². The van der Waals surface area contributed by atoms with Gasteiger partial charge in [0.05, 0.1) is 31.4 Å². The monoisotopic (exact) mass is 424 g/mol. The summed E-state index contributed by atoms with van der Waals surface area (Å²) < 4.78 is 16.7. The average Bonchev–Trinajstić information content (AvgIpc) is 3.13. The van der Waals surface area contributed by atoms with Crippen LogP contribution in [0.1, 0.15) is 32.3 Å². The van der Waals surface area contributed by atoms with E-state index >= 15 is 0 Å². The number of ether oxygens (including phenoxy) is 3. The first-order valence-electron chi connectivity index (χ1n) is 10.8. The number of esters is 2. The SMILES string of the molecule is C/C=C1/CN2CCC34C(=Nc5ccc(OC)cc53)C2CC1C4(COC(C)=O)C(=O)OC. The van der Waals surface area contributed by atoms with E-state index in [1.165, 1.54) is 19.6 Å². The Labute approximate surface area is 182 Å². The van der Waals surface area contributed by atoms with Crippen LogP contribution in [0.3, 0.4) is 0 Å². The Morgan fingerprint density at radius 1 is 1.32 bits per heavy atom. The Hall–Kier alpha value is -2.67. The number of aliphatic imine (C=N–C) groups is 1. The maximum atomic E-state index is 13.8. The van der Waals surface area contributed by atoms with Crippen molar-refractivity contribution in [1.29, 1.82) is 0 Å². The molecule has 0 amide bonds. The van der Waals surface area contributed by atoms with Crippen molar-refractivity contribution in [3.05, 3.63) is 35.4 Å². The maximum Gasteiger partial charge on any atom is 0.317 e. The number of hydrogen-bond acceptors (Lipinski definition) is 7. The highest BCUT2D eigenvalue weighted by atomic mass is 16.5. The van der Waals surface area contributed by atoms with Gasteiger partial charge in [0.25, 0.3) is 0 Å². The highest BCUT2D eigenvalue weighted by Gasteiger charge is 2.74. The summed E-state index contributed by atoms with van der Waals surface area (Å²) >= 11 is 0. The minimum Gasteiger partial charge on any atom is -0.497 e. The van der Waals surface area contributed by atoms with Gasteiger partial charge in [-0.3, -0.25) is 19.5 Å². The van der Waals surface area contributed by atoms with Crippen molar-refractivity contribution in [1.82, 2.24) is 4.90 Å². The maximum absolute atomic E-state index is 13.8. The third kappa shape index (κ3) is 2.41. The Morgan fingerprint density at radius 3 is 2.81 bits per heavy atom. The van der Waals surface area contributed by atoms with Gasteiger partial charge in [0.1, 0.15) is 17.8 Å². The first-order chi connectivity index (χ1) is 14.9. The van der Waals surface area contributed by atoms with E-state index in [2.05, 4.69) is 11.0 Å². The Bertz CT molecular complexity index is 1030. The third-order valence-electron chi connectivity index (χ3n) is 7.94. The van der Waals surface area contributed by atoms with Crippen molar-refractivity contribution < 1.29 is 23.8 Å². The zero-order valence-corrected chi connectivity index (χ0v) is 18.4. The van der Waals surface area contributed by atoms with Crippen molar-refractivity contribution in [3.8, 4) is 5.75 Å². The van der Waals surface area contributed by atoms with Crippen LogP contribution in [-0.2, 0) is 24.5 Å². The summed E-state index contributed by atoms with van der Waals surface area (Å²) in [6.07, 6.45) is 3.59. The lowest BCUT2D eigenvalue weighted by Crippen LogP contribution is -2.75. The molecule has 1 aromatic rings. The lowest BCUT2D eigenvalue weighted by molar-refractivity contribution is -0.176. The molecule has 3 bridgehead atoms. The molecule has 3 fully saturated rings. The molecule has 7 heteroatoms. The minimum absolute atomic E-state index is 0.0284. The summed E-state index contributed by atoms with van der Waals surface area (Å²) in [7, 11) is 3.06. The molecule has 5 rings (SSSR count). The molecule has 1 saturated carbocycles. The van der Waals surface area contributed by atoms with E-state index in [1.54, 1.807) is 7.11 Å². The van der Waals surface area contributed by atoms with Crippen LogP contribution in [0.5, 0.6) is 5.75 Å². The van der Waals surface area contributed by atoms with Gasteiger partial charge in [0.2, 0.25) is 0 Å². The second-order valence-electron chi connectivity index (χ2n) is 8.92. The predicted molar refractivity (Wildman–Crippen MR) is 115 cm³/mol. The summed E-state index contributed by atoms with van der Waals surface area (Å²) in [6, 6.07) is 6.03. The summed E-state index contributed by atoms with van der Waals surface area (Å²) in [5, 5.41) is 0. The number of carbonyl (C=O) groups is 2. The second-order valence-corrected chi connectivity index (χ2v) is 8.92. The van der Waals surface area contributed by atoms with Gasteiger partial charge in [0, 0.05) is 31.6 Å². The van der Waals surface area contributed by atoms with Gasteiger partial charge < -0.3 is 14.2 Å². The number of benzene rings is 1. The molecule has 4 aliphatic rings. The lowest BCUT2D eigenvalue weighted by Gasteiger charge is -2.64. The van der Waals surface area contributed by atoms with Crippen LogP contribution < -0.4 is 4.74 Å². The Morgan fingerprint density at radius 2 is 2.13 bits per heavy atom. The van der Waals surface area contributed by atoms with Gasteiger partial charge in [-0.15, -0.1) is 0 Å². The summed E-state index contributed by atoms with van der Waals surface area (Å²) in [4.78, 5) is 33.3. The van der Waals surface area contributed by atoms with E-state index in [0.29, 0.717) is 6.42 Å². The third-order valence-corrected chi connectivity index (χ3v) is 7.94. The van der Waals surface area contributed by atoms with Crippen LogP contribution >= 0.6 is 0 Å². The van der Waals surface area contributed by atoms with Gasteiger partial charge in [-0.05, 0) is 43.5 Å². The van der Waals surface area contributed by atoms with Crippen molar-refractivity contribution in [2.75, 3.05) is 33.9 Å². The van der Waals surface area contributed by atoms with Crippen LogP contribution in [0.4, 0.5) is 5.69 Å². The van der Waals surface area contributed by atoms with E-state index in [-0.39, 0.29) is 24.5 Å². The van der Waals surface area contributed by atoms with E-state index < -0.39 is 16.8 Å². The number of rotatable bonds is 4. The highest BCUT2D eigenvalue weighted by Crippen LogP contribution is 2.66. The summed E-state index contributed by atoms with van der Waals surface area (Å²) in [5.41, 5.74) is 2.27. The topological polar surface area (TPSA) is 77.4 Å². The largest absolute Gasteiger partial charge is 0.497 e. The fraction of sp³-hybridized carbons (Fsp3) is 0.542. The quantitative estimate of drug-likeness (QED) is 0.546. The molecule has 31 heavy (non-hydrogen) atoms. The molecule has 4 unspecified atom stereocenters. The molecule has 164 valence electrons. The number of hydrogen-bond donors (Lipinski definition) is 0. The number of methoxy groups -OCH3 is 2. The molecule has 0 spiro atoms. The number of carbonyl (C=O) groups excluding carboxylic acids is 2. The molecular formula is C24H28N2O5. The van der Waals surface area contributed by atoms with Crippen molar-refractivity contribution in [2.45, 2.75) is 38.1 Å². The van der Waals surface area contributed by atoms with Gasteiger partial charge in [-0.25, -0.2) is 0 Å². The first-order valence-corrected chi connectivity index (χ1v) is 10.8. The van der Waals surface area contributed by atoms with Gasteiger partial charge >= 0.3 is 11.9 Å². The van der Waals surface area contributed by atoms with Crippen molar-refractivity contribution >= 4 is 23.3 Å². The van der Waals surface area contributed by atoms with Crippen LogP contribution in [0, 0.1) is 11.3 Å². The number of fused-ring (bicyclic) bond motifs is 2. The smallest absolute Gasteiger partial charge is 0.317 e. The van der Waals surface area contributed by atoms with Crippen molar-refractivity contribution in [3.63, 3.8) is 0 Å². The molecule has 2 saturated heterocycles. The van der Waals surface area contributed by atoms with E-state index in [1.807, 2.05) is 25.1 Å². The van der Waals surface area contributed by atoms with Crippen LogP contribution in [0.15, 0.2) is 34.8 Å². The Balaban J connectivity index is 1.83. The molecule has 7 nitrogen and oxygen atoms in total. The molecule has 4 atom stereocenters. The normalized spacial score (nSPS) is 34.1. The lowest BCUT2D eigenvalue weighted by atomic mass is 9.43. The molecular weight excluding hydrogens is 396 g/mol. The predicted octanol–water partition coefficient (Wildman–Crippen LogP) is 2.80. The zero-order valence-electron chi connectivity index (χ0n) is 18.4. The highest BCUT2D eigenvalue weighted by molar-refractivity contribution is 6.11. The molecule has 0 radical (unpaired) electrons. The summed E-state index contributed by atoms with van der Waals surface area (Å²) in [6.45, 7) is 5.00. The van der Waals surface area contributed by atoms with Crippen LogP contribution in [-0.4, -0.2) is 62.5 Å². The second kappa shape index (κ2) is 6.92. The fourth-order valence-electron chi connectivity index (χ4n) is 6.67. The zero-order chi connectivity index (χ0) is 22.0. The van der Waals surface area contributed by atoms with E-state index in [4.69, 9.17) is 19.2 Å². The number of nitrogens with zero attached hydrogens (tertiary/aromatic N) is 2. The molecule has 3 heterocycles. The molecule has 0 aromatic heterocycles. The first kappa shape index (κ1) is 20.2. The average molecular weight is 424 g/mol. The van der Waals surface area contributed by atoms with Gasteiger partial charge in [0.15, 0.2) is 0 Å². The number of piperidine rings is 2. The standard InChI is InChI=1S/C24H28N2O5/c1-5-15-12-26-9-8-23-18-10-16(29-3)6-7-19(18)25-21(23)20(26)11-17(15)24(23,22(28)30-4)13-31-14(2)27/h5-7,10,17,20H,8-9,11-13H2,1-4H3/b15-5-.